The fraction of sp³-hybridized carbons (Fsp3) is 0.533. The standard InChI is InChI=1S/C15H23N3/c1-4-16-15(18-14-10-11(14)2)17-12(3)13-8-6-5-7-9-13/h5-9,11-12,14H,4,10H2,1-3H3,(H2,16,17,18). The van der Waals surface area contributed by atoms with Crippen LogP contribution in [0.1, 0.15) is 38.8 Å². The van der Waals surface area contributed by atoms with Crippen molar-refractivity contribution in [3.05, 3.63) is 35.9 Å². The average Bonchev–Trinajstić information content (AvgIpc) is 3.06. The first-order valence-corrected chi connectivity index (χ1v) is 6.83. The van der Waals surface area contributed by atoms with E-state index in [0.29, 0.717) is 6.04 Å². The molecule has 0 bridgehead atoms. The minimum absolute atomic E-state index is 0.276. The molecule has 2 N–H and O–H groups in total. The number of aliphatic imine (C=N–C) groups is 1. The van der Waals surface area contributed by atoms with Gasteiger partial charge in [0.15, 0.2) is 5.96 Å². The molecule has 3 nitrogen and oxygen atoms in total. The summed E-state index contributed by atoms with van der Waals surface area (Å²) >= 11 is 0. The summed E-state index contributed by atoms with van der Waals surface area (Å²) < 4.78 is 0. The smallest absolute Gasteiger partial charge is 0.191 e. The molecular weight excluding hydrogens is 222 g/mol. The van der Waals surface area contributed by atoms with E-state index in [1.54, 1.807) is 0 Å². The molecule has 0 amide bonds. The van der Waals surface area contributed by atoms with Crippen molar-refractivity contribution in [2.45, 2.75) is 39.3 Å². The Morgan fingerprint density at radius 2 is 2.06 bits per heavy atom. The van der Waals surface area contributed by atoms with Gasteiger partial charge in [-0.15, -0.1) is 0 Å². The second-order valence-corrected chi connectivity index (χ2v) is 5.06. The second-order valence-electron chi connectivity index (χ2n) is 5.06. The summed E-state index contributed by atoms with van der Waals surface area (Å²) in [6, 6.07) is 11.3. The van der Waals surface area contributed by atoms with Crippen LogP contribution < -0.4 is 10.6 Å². The van der Waals surface area contributed by atoms with Gasteiger partial charge in [-0.3, -0.25) is 4.99 Å². The van der Waals surface area contributed by atoms with Gasteiger partial charge in [0, 0.05) is 12.6 Å². The number of rotatable bonds is 4. The highest BCUT2D eigenvalue weighted by atomic mass is 15.2. The highest BCUT2D eigenvalue weighted by molar-refractivity contribution is 5.80. The Labute approximate surface area is 110 Å². The lowest BCUT2D eigenvalue weighted by Gasteiger charge is -2.18. The van der Waals surface area contributed by atoms with Crippen LogP contribution in [0, 0.1) is 5.92 Å². The van der Waals surface area contributed by atoms with Gasteiger partial charge in [-0.05, 0) is 31.7 Å². The molecule has 3 atom stereocenters. The van der Waals surface area contributed by atoms with E-state index in [0.717, 1.165) is 18.4 Å². The van der Waals surface area contributed by atoms with Crippen molar-refractivity contribution in [3.63, 3.8) is 0 Å². The Balaban J connectivity index is 1.94. The molecule has 1 aromatic rings. The van der Waals surface area contributed by atoms with Crippen LogP contribution in [0.4, 0.5) is 0 Å². The van der Waals surface area contributed by atoms with Crippen LogP contribution in [-0.2, 0) is 0 Å². The topological polar surface area (TPSA) is 36.4 Å². The van der Waals surface area contributed by atoms with E-state index in [1.807, 2.05) is 6.07 Å². The molecule has 0 radical (unpaired) electrons. The van der Waals surface area contributed by atoms with Crippen LogP contribution in [-0.4, -0.2) is 18.5 Å². The van der Waals surface area contributed by atoms with Crippen molar-refractivity contribution in [1.82, 2.24) is 10.6 Å². The molecule has 0 aliphatic heterocycles. The summed E-state index contributed by atoms with van der Waals surface area (Å²) in [7, 11) is 0. The lowest BCUT2D eigenvalue weighted by molar-refractivity contribution is 0.673. The lowest BCUT2D eigenvalue weighted by Crippen LogP contribution is -2.40. The van der Waals surface area contributed by atoms with Crippen molar-refractivity contribution >= 4 is 5.96 Å². The normalized spacial score (nSPS) is 24.5. The summed E-state index contributed by atoms with van der Waals surface area (Å²) in [4.78, 5) is 4.50. The lowest BCUT2D eigenvalue weighted by atomic mass is 10.1. The zero-order valence-electron chi connectivity index (χ0n) is 11.5. The molecule has 0 aromatic heterocycles. The first-order valence-electron chi connectivity index (χ1n) is 6.83. The van der Waals surface area contributed by atoms with Gasteiger partial charge in [-0.2, -0.15) is 0 Å². The zero-order valence-corrected chi connectivity index (χ0v) is 11.5. The van der Waals surface area contributed by atoms with E-state index in [4.69, 9.17) is 0 Å². The second kappa shape index (κ2) is 5.89. The van der Waals surface area contributed by atoms with Crippen molar-refractivity contribution in [2.24, 2.45) is 10.9 Å². The highest BCUT2D eigenvalue weighted by Crippen LogP contribution is 2.28. The monoisotopic (exact) mass is 245 g/mol. The van der Waals surface area contributed by atoms with Gasteiger partial charge in [-0.1, -0.05) is 37.3 Å². The third-order valence-electron chi connectivity index (χ3n) is 3.40. The Morgan fingerprint density at radius 3 is 2.61 bits per heavy atom. The van der Waals surface area contributed by atoms with Gasteiger partial charge in [0.05, 0.1) is 6.04 Å². The molecular formula is C15H23N3. The summed E-state index contributed by atoms with van der Waals surface area (Å²) in [6.45, 7) is 7.30. The van der Waals surface area contributed by atoms with Crippen molar-refractivity contribution in [1.29, 1.82) is 0 Å². The van der Waals surface area contributed by atoms with Gasteiger partial charge in [0.25, 0.3) is 0 Å². The Hall–Kier alpha value is -1.51. The molecule has 18 heavy (non-hydrogen) atoms. The predicted molar refractivity (Wildman–Crippen MR) is 76.7 cm³/mol. The van der Waals surface area contributed by atoms with Crippen LogP contribution in [0.25, 0.3) is 0 Å². The van der Waals surface area contributed by atoms with Crippen LogP contribution in [0.5, 0.6) is 0 Å². The SMILES string of the molecule is CCN=C(NC(C)c1ccccc1)NC1CC1C. The quantitative estimate of drug-likeness (QED) is 0.632. The van der Waals surface area contributed by atoms with E-state index in [9.17, 15) is 0 Å². The number of hydrogen-bond acceptors (Lipinski definition) is 1. The maximum Gasteiger partial charge on any atom is 0.191 e. The third-order valence-corrected chi connectivity index (χ3v) is 3.40. The molecule has 0 spiro atoms. The van der Waals surface area contributed by atoms with Crippen molar-refractivity contribution in [3.8, 4) is 0 Å². The van der Waals surface area contributed by atoms with Crippen LogP contribution >= 0.6 is 0 Å². The maximum absolute atomic E-state index is 4.50. The van der Waals surface area contributed by atoms with Crippen molar-refractivity contribution in [2.75, 3.05) is 6.54 Å². The summed E-state index contributed by atoms with van der Waals surface area (Å²) in [5.41, 5.74) is 1.28. The van der Waals surface area contributed by atoms with Crippen LogP contribution in [0.3, 0.4) is 0 Å². The molecule has 3 unspecified atom stereocenters. The molecule has 0 saturated heterocycles. The van der Waals surface area contributed by atoms with Crippen LogP contribution in [0.15, 0.2) is 35.3 Å². The highest BCUT2D eigenvalue weighted by Gasteiger charge is 2.33. The number of nitrogens with zero attached hydrogens (tertiary/aromatic N) is 1. The molecule has 1 saturated carbocycles. The third kappa shape index (κ3) is 3.49. The Bertz CT molecular complexity index is 399. The van der Waals surface area contributed by atoms with Gasteiger partial charge in [0.1, 0.15) is 0 Å². The van der Waals surface area contributed by atoms with Gasteiger partial charge in [-0.25, -0.2) is 0 Å². The van der Waals surface area contributed by atoms with E-state index >= 15 is 0 Å². The fourth-order valence-electron chi connectivity index (χ4n) is 2.02. The Kier molecular flexibility index (Phi) is 4.24. The van der Waals surface area contributed by atoms with Gasteiger partial charge >= 0.3 is 0 Å². The van der Waals surface area contributed by atoms with E-state index in [2.05, 4.69) is 60.7 Å². The number of benzene rings is 1. The van der Waals surface area contributed by atoms with Crippen molar-refractivity contribution < 1.29 is 0 Å². The number of hydrogen-bond donors (Lipinski definition) is 2. The van der Waals surface area contributed by atoms with Gasteiger partial charge < -0.3 is 10.6 Å². The average molecular weight is 245 g/mol. The minimum atomic E-state index is 0.276. The molecule has 0 heterocycles. The summed E-state index contributed by atoms with van der Waals surface area (Å²) in [5.74, 6) is 1.71. The number of nitrogens with one attached hydrogen (secondary N) is 2. The molecule has 1 aliphatic carbocycles. The first-order chi connectivity index (χ1) is 8.70. The molecule has 1 aliphatic rings. The molecule has 3 heteroatoms. The predicted octanol–water partition coefficient (Wildman–Crippen LogP) is 2.71. The molecule has 2 rings (SSSR count). The van der Waals surface area contributed by atoms with E-state index in [-0.39, 0.29) is 6.04 Å². The van der Waals surface area contributed by atoms with Crippen LogP contribution in [0.2, 0.25) is 0 Å². The summed E-state index contributed by atoms with van der Waals surface area (Å²) in [6.07, 6.45) is 1.25. The minimum Gasteiger partial charge on any atom is -0.353 e. The number of guanidine groups is 1. The zero-order chi connectivity index (χ0) is 13.0. The Morgan fingerprint density at radius 1 is 1.39 bits per heavy atom. The van der Waals surface area contributed by atoms with E-state index < -0.39 is 0 Å². The molecule has 1 fully saturated rings. The maximum atomic E-state index is 4.50. The molecule has 98 valence electrons. The largest absolute Gasteiger partial charge is 0.353 e. The molecule has 1 aromatic carbocycles. The first kappa shape index (κ1) is 12.9. The van der Waals surface area contributed by atoms with E-state index in [1.165, 1.54) is 12.0 Å². The van der Waals surface area contributed by atoms with Gasteiger partial charge in [0.2, 0.25) is 0 Å². The fourth-order valence-corrected chi connectivity index (χ4v) is 2.02. The summed E-state index contributed by atoms with van der Waals surface area (Å²) in [5, 5.41) is 6.95.